The summed E-state index contributed by atoms with van der Waals surface area (Å²) in [5, 5.41) is 6.67. The zero-order valence-electron chi connectivity index (χ0n) is 11.4. The number of nitrogens with one attached hydrogen (secondary N) is 1. The Kier molecular flexibility index (Phi) is 5.90. The molecule has 0 aliphatic heterocycles. The van der Waals surface area contributed by atoms with Gasteiger partial charge in [-0.05, 0) is 18.2 Å². The number of thiazole rings is 1. The predicted molar refractivity (Wildman–Crippen MR) is 80.3 cm³/mol. The number of ether oxygens (including phenoxy) is 1. The van der Waals surface area contributed by atoms with Gasteiger partial charge < -0.3 is 10.1 Å². The summed E-state index contributed by atoms with van der Waals surface area (Å²) in [4.78, 5) is 4.25. The Bertz CT molecular complexity index is 566. The van der Waals surface area contributed by atoms with E-state index in [9.17, 15) is 8.78 Å². The van der Waals surface area contributed by atoms with Gasteiger partial charge in [-0.3, -0.25) is 0 Å². The van der Waals surface area contributed by atoms with Gasteiger partial charge in [0.05, 0.1) is 5.01 Å². The number of rotatable bonds is 7. The van der Waals surface area contributed by atoms with E-state index in [0.29, 0.717) is 23.7 Å². The molecular weight excluding hydrogens is 318 g/mol. The van der Waals surface area contributed by atoms with Crippen molar-refractivity contribution in [2.75, 3.05) is 6.54 Å². The van der Waals surface area contributed by atoms with E-state index in [0.717, 1.165) is 5.01 Å². The molecule has 21 heavy (non-hydrogen) atoms. The number of halogens is 3. The van der Waals surface area contributed by atoms with Gasteiger partial charge in [0.25, 0.3) is 0 Å². The zero-order chi connectivity index (χ0) is 15.2. The zero-order valence-corrected chi connectivity index (χ0v) is 12.9. The van der Waals surface area contributed by atoms with Crippen molar-refractivity contribution in [3.8, 4) is 5.75 Å². The predicted octanol–water partition coefficient (Wildman–Crippen LogP) is 4.29. The van der Waals surface area contributed by atoms with E-state index in [-0.39, 0.29) is 11.7 Å². The van der Waals surface area contributed by atoms with Gasteiger partial charge >= 0.3 is 6.61 Å². The Morgan fingerprint density at radius 1 is 1.43 bits per heavy atom. The largest absolute Gasteiger partial charge is 0.434 e. The Hall–Kier alpha value is -1.24. The van der Waals surface area contributed by atoms with Gasteiger partial charge in [0.1, 0.15) is 5.75 Å². The minimum absolute atomic E-state index is 0.142. The summed E-state index contributed by atoms with van der Waals surface area (Å²) in [5.41, 5.74) is 0.606. The molecule has 0 aliphatic rings. The molecule has 0 aliphatic carbocycles. The van der Waals surface area contributed by atoms with Crippen molar-refractivity contribution < 1.29 is 13.5 Å². The summed E-state index contributed by atoms with van der Waals surface area (Å²) >= 11 is 7.49. The van der Waals surface area contributed by atoms with Gasteiger partial charge in [-0.25, -0.2) is 4.98 Å². The first-order valence-electron chi connectivity index (χ1n) is 6.39. The minimum atomic E-state index is -2.85. The van der Waals surface area contributed by atoms with Gasteiger partial charge in [-0.15, -0.1) is 11.3 Å². The molecule has 1 aromatic carbocycles. The van der Waals surface area contributed by atoms with E-state index in [4.69, 9.17) is 11.6 Å². The van der Waals surface area contributed by atoms with Crippen LogP contribution in [0.4, 0.5) is 8.78 Å². The fraction of sp³-hybridized carbons (Fsp3) is 0.357. The molecule has 0 saturated heterocycles. The van der Waals surface area contributed by atoms with Crippen LogP contribution in [0.2, 0.25) is 5.02 Å². The summed E-state index contributed by atoms with van der Waals surface area (Å²) in [5.74, 6) is 0.396. The molecule has 1 N–H and O–H groups in total. The Balaban J connectivity index is 1.94. The second kappa shape index (κ2) is 7.68. The molecule has 0 radical (unpaired) electrons. The first-order valence-corrected chi connectivity index (χ1v) is 7.65. The standard InChI is InChI=1S/C14H15ClF2N2OS/c1-9(13-19-4-5-21-13)7-18-8-10-6-11(15)2-3-12(10)20-14(16)17/h2-6,9,14,18H,7-8H2,1H3. The molecule has 1 aromatic heterocycles. The molecule has 0 amide bonds. The van der Waals surface area contributed by atoms with Crippen LogP contribution >= 0.6 is 22.9 Å². The molecule has 1 atom stereocenters. The summed E-state index contributed by atoms with van der Waals surface area (Å²) < 4.78 is 29.2. The molecular formula is C14H15ClF2N2OS. The normalized spacial score (nSPS) is 12.6. The number of alkyl halides is 2. The molecule has 7 heteroatoms. The van der Waals surface area contributed by atoms with E-state index >= 15 is 0 Å². The quantitative estimate of drug-likeness (QED) is 0.821. The average Bonchev–Trinajstić information content (AvgIpc) is 2.95. The van der Waals surface area contributed by atoms with Crippen molar-refractivity contribution in [1.82, 2.24) is 10.3 Å². The van der Waals surface area contributed by atoms with Gasteiger partial charge in [-0.1, -0.05) is 18.5 Å². The SMILES string of the molecule is CC(CNCc1cc(Cl)ccc1OC(F)F)c1nccs1. The number of nitrogens with zero attached hydrogens (tertiary/aromatic N) is 1. The molecule has 0 saturated carbocycles. The molecule has 0 spiro atoms. The van der Waals surface area contributed by atoms with E-state index in [1.807, 2.05) is 5.38 Å². The van der Waals surface area contributed by atoms with Crippen molar-refractivity contribution in [2.45, 2.75) is 26.0 Å². The van der Waals surface area contributed by atoms with Gasteiger partial charge in [-0.2, -0.15) is 8.78 Å². The lowest BCUT2D eigenvalue weighted by atomic mass is 10.1. The highest BCUT2D eigenvalue weighted by atomic mass is 35.5. The van der Waals surface area contributed by atoms with Crippen molar-refractivity contribution >= 4 is 22.9 Å². The third kappa shape index (κ3) is 4.91. The van der Waals surface area contributed by atoms with Crippen molar-refractivity contribution in [3.05, 3.63) is 45.4 Å². The summed E-state index contributed by atoms with van der Waals surface area (Å²) in [7, 11) is 0. The maximum Gasteiger partial charge on any atom is 0.387 e. The van der Waals surface area contributed by atoms with Crippen LogP contribution in [0.1, 0.15) is 23.4 Å². The van der Waals surface area contributed by atoms with Crippen molar-refractivity contribution in [3.63, 3.8) is 0 Å². The second-order valence-corrected chi connectivity index (χ2v) is 5.90. The lowest BCUT2D eigenvalue weighted by molar-refractivity contribution is -0.0504. The van der Waals surface area contributed by atoms with Crippen LogP contribution in [0.25, 0.3) is 0 Å². The summed E-state index contributed by atoms with van der Waals surface area (Å²) in [6, 6.07) is 4.61. The molecule has 2 rings (SSSR count). The minimum Gasteiger partial charge on any atom is -0.434 e. The third-order valence-corrected chi connectivity index (χ3v) is 4.12. The Morgan fingerprint density at radius 2 is 2.24 bits per heavy atom. The highest BCUT2D eigenvalue weighted by Gasteiger charge is 2.12. The summed E-state index contributed by atoms with van der Waals surface area (Å²) in [6.07, 6.45) is 1.77. The molecule has 3 nitrogen and oxygen atoms in total. The van der Waals surface area contributed by atoms with E-state index in [1.54, 1.807) is 23.6 Å². The molecule has 2 aromatic rings. The molecule has 1 unspecified atom stereocenters. The van der Waals surface area contributed by atoms with Crippen molar-refractivity contribution in [2.24, 2.45) is 0 Å². The summed E-state index contributed by atoms with van der Waals surface area (Å²) in [6.45, 7) is 0.298. The lowest BCUT2D eigenvalue weighted by Gasteiger charge is -2.13. The monoisotopic (exact) mass is 332 g/mol. The van der Waals surface area contributed by atoms with Crippen LogP contribution < -0.4 is 10.1 Å². The Labute approximate surface area is 130 Å². The first-order chi connectivity index (χ1) is 10.1. The van der Waals surface area contributed by atoms with E-state index < -0.39 is 6.61 Å². The van der Waals surface area contributed by atoms with Crippen LogP contribution in [0.5, 0.6) is 5.75 Å². The first kappa shape index (κ1) is 16.1. The fourth-order valence-corrected chi connectivity index (χ4v) is 2.78. The molecule has 1 heterocycles. The van der Waals surface area contributed by atoms with Gasteiger partial charge in [0.2, 0.25) is 0 Å². The number of hydrogen-bond donors (Lipinski definition) is 1. The highest BCUT2D eigenvalue weighted by molar-refractivity contribution is 7.09. The molecule has 0 fully saturated rings. The van der Waals surface area contributed by atoms with E-state index in [2.05, 4.69) is 22.0 Å². The van der Waals surface area contributed by atoms with Crippen molar-refractivity contribution in [1.29, 1.82) is 0 Å². The topological polar surface area (TPSA) is 34.1 Å². The highest BCUT2D eigenvalue weighted by Crippen LogP contribution is 2.25. The van der Waals surface area contributed by atoms with Crippen LogP contribution in [0.3, 0.4) is 0 Å². The maximum atomic E-state index is 12.4. The number of aromatic nitrogens is 1. The van der Waals surface area contributed by atoms with Gasteiger partial charge in [0, 0.05) is 41.2 Å². The fourth-order valence-electron chi connectivity index (χ4n) is 1.89. The second-order valence-electron chi connectivity index (χ2n) is 4.53. The maximum absolute atomic E-state index is 12.4. The average molecular weight is 333 g/mol. The van der Waals surface area contributed by atoms with Gasteiger partial charge in [0.15, 0.2) is 0 Å². The Morgan fingerprint density at radius 3 is 2.90 bits per heavy atom. The van der Waals surface area contributed by atoms with E-state index in [1.165, 1.54) is 12.1 Å². The molecule has 0 bridgehead atoms. The smallest absolute Gasteiger partial charge is 0.387 e. The third-order valence-electron chi connectivity index (χ3n) is 2.88. The number of benzene rings is 1. The van der Waals surface area contributed by atoms with Crippen LogP contribution in [-0.2, 0) is 6.54 Å². The van der Waals surface area contributed by atoms with Crippen LogP contribution in [0.15, 0.2) is 29.8 Å². The van der Waals surface area contributed by atoms with Crippen LogP contribution in [-0.4, -0.2) is 18.1 Å². The van der Waals surface area contributed by atoms with Crippen LogP contribution in [0, 0.1) is 0 Å². The number of hydrogen-bond acceptors (Lipinski definition) is 4. The lowest BCUT2D eigenvalue weighted by Crippen LogP contribution is -2.20. The molecule has 114 valence electrons.